The van der Waals surface area contributed by atoms with Crippen LogP contribution in [0.25, 0.3) is 0 Å². The third-order valence-corrected chi connectivity index (χ3v) is 3.17. The standard InChI is InChI=1S/C10H9BrClFO/c1-6(14)10(12)7-2-3-8(5-13)9(11)4-7/h2-4,10H,5H2,1H3. The van der Waals surface area contributed by atoms with Gasteiger partial charge in [-0.15, -0.1) is 11.6 Å². The third-order valence-electron chi connectivity index (χ3n) is 1.87. The third kappa shape index (κ3) is 2.55. The highest BCUT2D eigenvalue weighted by atomic mass is 79.9. The zero-order valence-corrected chi connectivity index (χ0v) is 9.90. The van der Waals surface area contributed by atoms with E-state index in [2.05, 4.69) is 15.9 Å². The lowest BCUT2D eigenvalue weighted by atomic mass is 10.1. The molecular weight excluding hydrogens is 270 g/mol. The van der Waals surface area contributed by atoms with Gasteiger partial charge in [0.1, 0.15) is 12.1 Å². The molecule has 14 heavy (non-hydrogen) atoms. The molecule has 0 N–H and O–H groups in total. The van der Waals surface area contributed by atoms with E-state index < -0.39 is 12.1 Å². The van der Waals surface area contributed by atoms with E-state index in [0.29, 0.717) is 15.6 Å². The van der Waals surface area contributed by atoms with Crippen LogP contribution in [0.15, 0.2) is 22.7 Å². The highest BCUT2D eigenvalue weighted by Gasteiger charge is 2.13. The Balaban J connectivity index is 3.02. The summed E-state index contributed by atoms with van der Waals surface area (Å²) in [5, 5.41) is -0.653. The number of carbonyl (C=O) groups is 1. The predicted octanol–water partition coefficient (Wildman–Crippen LogP) is 3.79. The Labute approximate surface area is 95.4 Å². The Morgan fingerprint density at radius 1 is 1.64 bits per heavy atom. The summed E-state index contributed by atoms with van der Waals surface area (Å²) in [6, 6.07) is 4.96. The number of alkyl halides is 2. The van der Waals surface area contributed by atoms with Crippen molar-refractivity contribution >= 4 is 33.3 Å². The number of halogens is 3. The minimum absolute atomic E-state index is 0.119. The SMILES string of the molecule is CC(=O)C(Cl)c1ccc(CF)c(Br)c1. The number of rotatable bonds is 3. The molecule has 1 aromatic carbocycles. The Morgan fingerprint density at radius 2 is 2.29 bits per heavy atom. The van der Waals surface area contributed by atoms with Gasteiger partial charge in [-0.3, -0.25) is 4.79 Å². The average Bonchev–Trinajstić information content (AvgIpc) is 2.16. The Hall–Kier alpha value is -0.410. The Kier molecular flexibility index (Phi) is 4.08. The number of carbonyl (C=O) groups excluding carboxylic acids is 1. The molecule has 0 saturated carbocycles. The van der Waals surface area contributed by atoms with Crippen molar-refractivity contribution in [2.75, 3.05) is 0 Å². The molecule has 0 heterocycles. The lowest BCUT2D eigenvalue weighted by Crippen LogP contribution is -2.01. The number of hydrogen-bond donors (Lipinski definition) is 0. The summed E-state index contributed by atoms with van der Waals surface area (Å²) in [5.74, 6) is -0.119. The first-order valence-corrected chi connectivity index (χ1v) is 5.28. The van der Waals surface area contributed by atoms with Crippen LogP contribution in [0.5, 0.6) is 0 Å². The van der Waals surface area contributed by atoms with E-state index in [9.17, 15) is 9.18 Å². The molecule has 0 amide bonds. The van der Waals surface area contributed by atoms with Gasteiger partial charge in [-0.05, 0) is 24.1 Å². The van der Waals surface area contributed by atoms with Crippen LogP contribution >= 0.6 is 27.5 Å². The van der Waals surface area contributed by atoms with Crippen molar-refractivity contribution in [3.63, 3.8) is 0 Å². The molecular formula is C10H9BrClFO. The van der Waals surface area contributed by atoms with E-state index in [1.165, 1.54) is 6.92 Å². The molecule has 1 atom stereocenters. The first kappa shape index (κ1) is 11.7. The number of Topliss-reactive ketones (excluding diaryl/α,β-unsaturated/α-hetero) is 1. The molecule has 0 bridgehead atoms. The monoisotopic (exact) mass is 278 g/mol. The fraction of sp³-hybridized carbons (Fsp3) is 0.300. The largest absolute Gasteiger partial charge is 0.298 e. The zero-order valence-electron chi connectivity index (χ0n) is 7.56. The minimum atomic E-state index is -0.653. The molecule has 0 fully saturated rings. The minimum Gasteiger partial charge on any atom is -0.298 e. The molecule has 1 unspecified atom stereocenters. The van der Waals surface area contributed by atoms with Crippen LogP contribution in [-0.2, 0) is 11.5 Å². The highest BCUT2D eigenvalue weighted by molar-refractivity contribution is 9.10. The van der Waals surface area contributed by atoms with Gasteiger partial charge in [0.25, 0.3) is 0 Å². The first-order chi connectivity index (χ1) is 6.56. The van der Waals surface area contributed by atoms with Crippen molar-refractivity contribution in [1.29, 1.82) is 0 Å². The van der Waals surface area contributed by atoms with Gasteiger partial charge in [-0.2, -0.15) is 0 Å². The van der Waals surface area contributed by atoms with Gasteiger partial charge >= 0.3 is 0 Å². The molecule has 4 heteroatoms. The maximum Gasteiger partial charge on any atom is 0.152 e. The second kappa shape index (κ2) is 4.89. The lowest BCUT2D eigenvalue weighted by Gasteiger charge is -2.07. The van der Waals surface area contributed by atoms with E-state index in [-0.39, 0.29) is 5.78 Å². The van der Waals surface area contributed by atoms with Crippen LogP contribution in [0, 0.1) is 0 Å². The quantitative estimate of drug-likeness (QED) is 0.769. The topological polar surface area (TPSA) is 17.1 Å². The van der Waals surface area contributed by atoms with Crippen LogP contribution in [0.4, 0.5) is 4.39 Å². The summed E-state index contributed by atoms with van der Waals surface area (Å²) in [6.07, 6.45) is 0. The maximum absolute atomic E-state index is 12.3. The van der Waals surface area contributed by atoms with E-state index in [4.69, 9.17) is 11.6 Å². The van der Waals surface area contributed by atoms with Crippen molar-refractivity contribution in [1.82, 2.24) is 0 Å². The lowest BCUT2D eigenvalue weighted by molar-refractivity contribution is -0.116. The normalized spacial score (nSPS) is 12.6. The number of hydrogen-bond acceptors (Lipinski definition) is 1. The highest BCUT2D eigenvalue weighted by Crippen LogP contribution is 2.27. The zero-order chi connectivity index (χ0) is 10.7. The summed E-state index contributed by atoms with van der Waals surface area (Å²) < 4.78 is 13.0. The van der Waals surface area contributed by atoms with Gasteiger partial charge in [-0.25, -0.2) is 4.39 Å². The molecule has 1 aromatic rings. The van der Waals surface area contributed by atoms with Crippen molar-refractivity contribution in [3.05, 3.63) is 33.8 Å². The van der Waals surface area contributed by atoms with Gasteiger partial charge in [0, 0.05) is 4.47 Å². The van der Waals surface area contributed by atoms with E-state index in [1.807, 2.05) is 0 Å². The van der Waals surface area contributed by atoms with Crippen LogP contribution in [0.3, 0.4) is 0 Å². The summed E-state index contributed by atoms with van der Waals surface area (Å²) in [5.41, 5.74) is 1.24. The van der Waals surface area contributed by atoms with Crippen molar-refractivity contribution in [2.24, 2.45) is 0 Å². The predicted molar refractivity (Wildman–Crippen MR) is 58.2 cm³/mol. The molecule has 0 aliphatic heterocycles. The molecule has 0 spiro atoms. The fourth-order valence-corrected chi connectivity index (χ4v) is 1.70. The van der Waals surface area contributed by atoms with Crippen LogP contribution in [0.1, 0.15) is 23.4 Å². The summed E-state index contributed by atoms with van der Waals surface area (Å²) in [7, 11) is 0. The Morgan fingerprint density at radius 3 is 2.71 bits per heavy atom. The van der Waals surface area contributed by atoms with Gasteiger partial charge in [0.05, 0.1) is 0 Å². The van der Waals surface area contributed by atoms with Crippen molar-refractivity contribution in [3.8, 4) is 0 Å². The van der Waals surface area contributed by atoms with Gasteiger partial charge in [-0.1, -0.05) is 28.1 Å². The molecule has 0 radical (unpaired) electrons. The van der Waals surface area contributed by atoms with Gasteiger partial charge < -0.3 is 0 Å². The second-order valence-electron chi connectivity index (χ2n) is 2.96. The van der Waals surface area contributed by atoms with Crippen LogP contribution in [0.2, 0.25) is 0 Å². The fourth-order valence-electron chi connectivity index (χ4n) is 1.06. The second-order valence-corrected chi connectivity index (χ2v) is 4.25. The van der Waals surface area contributed by atoms with Crippen LogP contribution < -0.4 is 0 Å². The van der Waals surface area contributed by atoms with Gasteiger partial charge in [0.15, 0.2) is 5.78 Å². The molecule has 0 aliphatic carbocycles. The molecule has 76 valence electrons. The Bertz CT molecular complexity index is 354. The van der Waals surface area contributed by atoms with E-state index in [1.54, 1.807) is 18.2 Å². The first-order valence-electron chi connectivity index (χ1n) is 4.05. The molecule has 1 rings (SSSR count). The number of ketones is 1. The van der Waals surface area contributed by atoms with Crippen molar-refractivity contribution < 1.29 is 9.18 Å². The van der Waals surface area contributed by atoms with Crippen molar-refractivity contribution in [2.45, 2.75) is 19.0 Å². The summed E-state index contributed by atoms with van der Waals surface area (Å²) in [6.45, 7) is 0.891. The van der Waals surface area contributed by atoms with E-state index in [0.717, 1.165) is 0 Å². The summed E-state index contributed by atoms with van der Waals surface area (Å²) >= 11 is 9.06. The molecule has 0 aromatic heterocycles. The summed E-state index contributed by atoms with van der Waals surface area (Å²) in [4.78, 5) is 11.0. The van der Waals surface area contributed by atoms with Crippen LogP contribution in [-0.4, -0.2) is 5.78 Å². The molecule has 0 aliphatic rings. The average molecular weight is 280 g/mol. The van der Waals surface area contributed by atoms with Gasteiger partial charge in [0.2, 0.25) is 0 Å². The number of benzene rings is 1. The maximum atomic E-state index is 12.3. The molecule has 0 saturated heterocycles. The molecule has 1 nitrogen and oxygen atoms in total. The smallest absolute Gasteiger partial charge is 0.152 e. The van der Waals surface area contributed by atoms with E-state index >= 15 is 0 Å².